The molecular formula is C7H17NO4Si. The number of hydrogen-bond donors (Lipinski definition) is 3. The van der Waals surface area contributed by atoms with Crippen molar-refractivity contribution in [3.8, 4) is 0 Å². The van der Waals surface area contributed by atoms with Crippen LogP contribution < -0.4 is 0 Å². The quantitative estimate of drug-likeness (QED) is 0.496. The summed E-state index contributed by atoms with van der Waals surface area (Å²) in [5, 5.41) is 0. The number of nitrogens with zero attached hydrogens (tertiary/aromatic N) is 1. The maximum absolute atomic E-state index is 8.75. The van der Waals surface area contributed by atoms with E-state index in [0.29, 0.717) is 6.42 Å². The second-order valence-electron chi connectivity index (χ2n) is 3.33. The Balaban J connectivity index is 2.04. The first-order valence-electron chi connectivity index (χ1n) is 4.55. The van der Waals surface area contributed by atoms with Gasteiger partial charge in [-0.15, -0.1) is 0 Å². The molecule has 5 nitrogen and oxygen atoms in total. The maximum Gasteiger partial charge on any atom is 0.492 e. The monoisotopic (exact) mass is 207 g/mol. The van der Waals surface area contributed by atoms with Gasteiger partial charge < -0.3 is 19.1 Å². The lowest BCUT2D eigenvalue weighted by Gasteiger charge is -2.26. The molecule has 0 spiro atoms. The SMILES string of the molecule is O[Si](O)(O)CCCN1CCOCC1. The van der Waals surface area contributed by atoms with Gasteiger partial charge in [0.15, 0.2) is 0 Å². The molecule has 1 rings (SSSR count). The van der Waals surface area contributed by atoms with Crippen molar-refractivity contribution in [2.24, 2.45) is 0 Å². The van der Waals surface area contributed by atoms with Gasteiger partial charge in [-0.25, -0.2) is 0 Å². The summed E-state index contributed by atoms with van der Waals surface area (Å²) >= 11 is 0. The second kappa shape index (κ2) is 5.04. The molecule has 1 saturated heterocycles. The minimum atomic E-state index is -3.80. The topological polar surface area (TPSA) is 73.2 Å². The fourth-order valence-electron chi connectivity index (χ4n) is 1.36. The molecule has 0 unspecified atom stereocenters. The van der Waals surface area contributed by atoms with Crippen molar-refractivity contribution in [3.63, 3.8) is 0 Å². The van der Waals surface area contributed by atoms with Crippen molar-refractivity contribution >= 4 is 8.80 Å². The van der Waals surface area contributed by atoms with Crippen LogP contribution in [0.4, 0.5) is 0 Å². The third-order valence-corrected chi connectivity index (χ3v) is 3.11. The van der Waals surface area contributed by atoms with Gasteiger partial charge in [0.05, 0.1) is 13.2 Å². The zero-order chi connectivity index (χ0) is 9.73. The Labute approximate surface area is 78.9 Å². The van der Waals surface area contributed by atoms with Crippen molar-refractivity contribution < 1.29 is 19.1 Å². The van der Waals surface area contributed by atoms with E-state index in [4.69, 9.17) is 19.1 Å². The number of hydrogen-bond acceptors (Lipinski definition) is 5. The summed E-state index contributed by atoms with van der Waals surface area (Å²) in [6.07, 6.45) is 0.635. The first kappa shape index (κ1) is 11.1. The van der Waals surface area contributed by atoms with Crippen LogP contribution in [0, 0.1) is 0 Å². The number of morpholine rings is 1. The van der Waals surface area contributed by atoms with Crippen molar-refractivity contribution in [1.29, 1.82) is 0 Å². The first-order valence-corrected chi connectivity index (χ1v) is 6.60. The van der Waals surface area contributed by atoms with E-state index >= 15 is 0 Å². The fraction of sp³-hybridized carbons (Fsp3) is 1.00. The first-order chi connectivity index (χ1) is 6.08. The molecular weight excluding hydrogens is 190 g/mol. The van der Waals surface area contributed by atoms with Gasteiger partial charge in [0.1, 0.15) is 0 Å². The Bertz CT molecular complexity index is 144. The highest BCUT2D eigenvalue weighted by molar-refractivity contribution is 6.56. The summed E-state index contributed by atoms with van der Waals surface area (Å²) in [5.41, 5.74) is 0. The van der Waals surface area contributed by atoms with Gasteiger partial charge in [-0.05, 0) is 13.0 Å². The molecule has 0 saturated carbocycles. The summed E-state index contributed by atoms with van der Waals surface area (Å²) in [4.78, 5) is 28.5. The molecule has 0 aromatic rings. The molecule has 78 valence electrons. The van der Waals surface area contributed by atoms with Crippen molar-refractivity contribution in [2.75, 3.05) is 32.8 Å². The lowest BCUT2D eigenvalue weighted by atomic mass is 10.3. The van der Waals surface area contributed by atoms with Crippen LogP contribution in [-0.4, -0.2) is 60.9 Å². The summed E-state index contributed by atoms with van der Waals surface area (Å²) in [5.74, 6) is 0. The Morgan fingerprint density at radius 3 is 2.31 bits per heavy atom. The summed E-state index contributed by atoms with van der Waals surface area (Å²) in [6, 6.07) is 0.129. The lowest BCUT2D eigenvalue weighted by molar-refractivity contribution is 0.0375. The summed E-state index contributed by atoms with van der Waals surface area (Å²) < 4.78 is 5.17. The van der Waals surface area contributed by atoms with Crippen molar-refractivity contribution in [1.82, 2.24) is 4.90 Å². The highest BCUT2D eigenvalue weighted by Gasteiger charge is 2.26. The van der Waals surface area contributed by atoms with Crippen LogP contribution in [-0.2, 0) is 4.74 Å². The third kappa shape index (κ3) is 5.35. The molecule has 0 amide bonds. The Morgan fingerprint density at radius 2 is 1.77 bits per heavy atom. The molecule has 0 aromatic heterocycles. The van der Waals surface area contributed by atoms with Gasteiger partial charge in [0.25, 0.3) is 0 Å². The van der Waals surface area contributed by atoms with Crippen LogP contribution in [0.15, 0.2) is 0 Å². The van der Waals surface area contributed by atoms with Gasteiger partial charge >= 0.3 is 8.80 Å². The molecule has 0 aliphatic carbocycles. The van der Waals surface area contributed by atoms with E-state index in [1.165, 1.54) is 0 Å². The summed E-state index contributed by atoms with van der Waals surface area (Å²) in [7, 11) is -3.80. The van der Waals surface area contributed by atoms with Gasteiger partial charge in [-0.2, -0.15) is 0 Å². The van der Waals surface area contributed by atoms with Crippen LogP contribution in [0.2, 0.25) is 6.04 Å². The third-order valence-electron chi connectivity index (χ3n) is 2.09. The molecule has 0 radical (unpaired) electrons. The van der Waals surface area contributed by atoms with E-state index in [2.05, 4.69) is 4.90 Å². The highest BCUT2D eigenvalue weighted by Crippen LogP contribution is 2.04. The molecule has 1 aliphatic heterocycles. The standard InChI is InChI=1S/C7H17NO4Si/c9-13(10,11)7-1-2-8-3-5-12-6-4-8/h9-11H,1-7H2. The molecule has 0 atom stereocenters. The Morgan fingerprint density at radius 1 is 1.15 bits per heavy atom. The van der Waals surface area contributed by atoms with Gasteiger partial charge in [0.2, 0.25) is 0 Å². The van der Waals surface area contributed by atoms with Gasteiger partial charge in [-0.3, -0.25) is 4.90 Å². The molecule has 1 aliphatic rings. The van der Waals surface area contributed by atoms with Crippen LogP contribution in [0.1, 0.15) is 6.42 Å². The van der Waals surface area contributed by atoms with E-state index in [1.807, 2.05) is 0 Å². The normalized spacial score (nSPS) is 20.5. The van der Waals surface area contributed by atoms with Crippen LogP contribution in [0.5, 0.6) is 0 Å². The average molecular weight is 207 g/mol. The Kier molecular flexibility index (Phi) is 4.30. The molecule has 6 heteroatoms. The zero-order valence-corrected chi connectivity index (χ0v) is 8.65. The molecule has 13 heavy (non-hydrogen) atoms. The van der Waals surface area contributed by atoms with Gasteiger partial charge in [-0.1, -0.05) is 0 Å². The van der Waals surface area contributed by atoms with Crippen molar-refractivity contribution in [2.45, 2.75) is 12.5 Å². The predicted molar refractivity (Wildman–Crippen MR) is 49.1 cm³/mol. The van der Waals surface area contributed by atoms with Gasteiger partial charge in [0, 0.05) is 19.1 Å². The molecule has 1 heterocycles. The molecule has 1 fully saturated rings. The van der Waals surface area contributed by atoms with E-state index in [0.717, 1.165) is 32.8 Å². The zero-order valence-electron chi connectivity index (χ0n) is 7.65. The van der Waals surface area contributed by atoms with E-state index in [-0.39, 0.29) is 6.04 Å². The van der Waals surface area contributed by atoms with Crippen LogP contribution in [0.3, 0.4) is 0 Å². The van der Waals surface area contributed by atoms with Crippen LogP contribution in [0.25, 0.3) is 0 Å². The minimum absolute atomic E-state index is 0.129. The molecule has 0 bridgehead atoms. The van der Waals surface area contributed by atoms with Crippen LogP contribution >= 0.6 is 0 Å². The largest absolute Gasteiger partial charge is 0.492 e. The number of rotatable bonds is 4. The lowest BCUT2D eigenvalue weighted by Crippen LogP contribution is -2.39. The van der Waals surface area contributed by atoms with E-state index in [1.54, 1.807) is 0 Å². The van der Waals surface area contributed by atoms with Crippen molar-refractivity contribution in [3.05, 3.63) is 0 Å². The smallest absolute Gasteiger partial charge is 0.390 e. The van der Waals surface area contributed by atoms with E-state index in [9.17, 15) is 0 Å². The molecule has 0 aromatic carbocycles. The summed E-state index contributed by atoms with van der Waals surface area (Å²) in [6.45, 7) is 4.10. The minimum Gasteiger partial charge on any atom is -0.390 e. The predicted octanol–water partition coefficient (Wildman–Crippen LogP) is -1.38. The second-order valence-corrected chi connectivity index (χ2v) is 5.38. The molecule has 3 N–H and O–H groups in total. The highest BCUT2D eigenvalue weighted by atomic mass is 28.4. The Hall–Kier alpha value is 0.0169. The fourth-order valence-corrected chi connectivity index (χ4v) is 2.00. The van der Waals surface area contributed by atoms with E-state index < -0.39 is 8.80 Å². The number of ether oxygens (including phenoxy) is 1. The maximum atomic E-state index is 8.75. The average Bonchev–Trinajstić information content (AvgIpc) is 2.04.